The van der Waals surface area contributed by atoms with Crippen LogP contribution in [0.2, 0.25) is 5.02 Å². The van der Waals surface area contributed by atoms with Gasteiger partial charge in [-0.25, -0.2) is 4.98 Å². The van der Waals surface area contributed by atoms with Crippen LogP contribution in [0.25, 0.3) is 0 Å². The number of halogens is 1. The van der Waals surface area contributed by atoms with Crippen molar-refractivity contribution in [3.05, 3.63) is 27.4 Å². The zero-order valence-electron chi connectivity index (χ0n) is 9.23. The minimum Gasteiger partial charge on any atom is -0.368 e. The zero-order chi connectivity index (χ0) is 13.2. The van der Waals surface area contributed by atoms with Crippen molar-refractivity contribution >= 4 is 29.0 Å². The molecule has 3 N–H and O–H groups in total. The Morgan fingerprint density at radius 3 is 2.65 bits per heavy atom. The Hall–Kier alpha value is -1.89. The van der Waals surface area contributed by atoms with Crippen LogP contribution < -0.4 is 11.1 Å². The highest BCUT2D eigenvalue weighted by molar-refractivity contribution is 6.33. The Morgan fingerprint density at radius 1 is 1.65 bits per heavy atom. The predicted octanol–water partition coefficient (Wildman–Crippen LogP) is 1.32. The number of hydrogen-bond donors (Lipinski definition) is 2. The first-order valence-corrected chi connectivity index (χ1v) is 5.00. The smallest absolute Gasteiger partial charge is 0.289 e. The number of aromatic nitrogens is 1. The van der Waals surface area contributed by atoms with Gasteiger partial charge < -0.3 is 11.1 Å². The van der Waals surface area contributed by atoms with E-state index in [4.69, 9.17) is 17.3 Å². The number of nitrogens with two attached hydrogens (primary N) is 1. The van der Waals surface area contributed by atoms with Crippen LogP contribution in [0.1, 0.15) is 13.8 Å². The number of nitrogens with one attached hydrogen (secondary N) is 1. The maximum atomic E-state index is 11.1. The molecule has 1 aromatic rings. The SMILES string of the molecule is CC(C)(Nc1ncc([N+](=O)[O-])cc1Cl)C(N)=O. The zero-order valence-corrected chi connectivity index (χ0v) is 9.99. The molecule has 8 heteroatoms. The van der Waals surface area contributed by atoms with Gasteiger partial charge in [0.25, 0.3) is 5.69 Å². The van der Waals surface area contributed by atoms with E-state index < -0.39 is 16.4 Å². The first-order chi connectivity index (χ1) is 7.74. The van der Waals surface area contributed by atoms with Crippen LogP contribution in [0.5, 0.6) is 0 Å². The van der Waals surface area contributed by atoms with E-state index in [1.54, 1.807) is 13.8 Å². The molecule has 0 aliphatic heterocycles. The van der Waals surface area contributed by atoms with Gasteiger partial charge >= 0.3 is 0 Å². The fourth-order valence-corrected chi connectivity index (χ4v) is 1.19. The minimum absolute atomic E-state index is 0.0496. The number of nitrogens with zero attached hydrogens (tertiary/aromatic N) is 2. The van der Waals surface area contributed by atoms with E-state index in [2.05, 4.69) is 10.3 Å². The lowest BCUT2D eigenvalue weighted by Gasteiger charge is -2.23. The number of carbonyl (C=O) groups excluding carboxylic acids is 1. The maximum Gasteiger partial charge on any atom is 0.289 e. The third kappa shape index (κ3) is 3.04. The highest BCUT2D eigenvalue weighted by Gasteiger charge is 2.26. The summed E-state index contributed by atoms with van der Waals surface area (Å²) in [4.78, 5) is 24.7. The summed E-state index contributed by atoms with van der Waals surface area (Å²) < 4.78 is 0. The number of hydrogen-bond acceptors (Lipinski definition) is 5. The van der Waals surface area contributed by atoms with Crippen molar-refractivity contribution in [2.75, 3.05) is 5.32 Å². The van der Waals surface area contributed by atoms with Gasteiger partial charge in [-0.3, -0.25) is 14.9 Å². The van der Waals surface area contributed by atoms with Crippen molar-refractivity contribution in [1.82, 2.24) is 4.98 Å². The third-order valence-corrected chi connectivity index (χ3v) is 2.37. The van der Waals surface area contributed by atoms with E-state index in [1.165, 1.54) is 0 Å². The summed E-state index contributed by atoms with van der Waals surface area (Å²) in [5.74, 6) is -0.421. The van der Waals surface area contributed by atoms with Gasteiger partial charge in [-0.2, -0.15) is 0 Å². The van der Waals surface area contributed by atoms with Gasteiger partial charge in [0, 0.05) is 6.07 Å². The van der Waals surface area contributed by atoms with E-state index in [-0.39, 0.29) is 16.5 Å². The van der Waals surface area contributed by atoms with Crippen LogP contribution in [0.3, 0.4) is 0 Å². The maximum absolute atomic E-state index is 11.1. The summed E-state index contributed by atoms with van der Waals surface area (Å²) in [5.41, 5.74) is 3.89. The lowest BCUT2D eigenvalue weighted by atomic mass is 10.1. The van der Waals surface area contributed by atoms with Crippen LogP contribution in [-0.2, 0) is 4.79 Å². The second-order valence-electron chi connectivity index (χ2n) is 3.90. The summed E-state index contributed by atoms with van der Waals surface area (Å²) in [7, 11) is 0. The molecule has 1 rings (SSSR count). The van der Waals surface area contributed by atoms with Gasteiger partial charge in [-0.05, 0) is 13.8 Å². The van der Waals surface area contributed by atoms with Crippen molar-refractivity contribution in [3.63, 3.8) is 0 Å². The van der Waals surface area contributed by atoms with Crippen LogP contribution in [0.4, 0.5) is 11.5 Å². The molecule has 0 fully saturated rings. The number of anilines is 1. The molecule has 7 nitrogen and oxygen atoms in total. The van der Waals surface area contributed by atoms with E-state index >= 15 is 0 Å². The molecule has 92 valence electrons. The Morgan fingerprint density at radius 2 is 2.24 bits per heavy atom. The number of nitro groups is 1. The molecule has 0 aliphatic rings. The number of amides is 1. The first kappa shape index (κ1) is 13.2. The van der Waals surface area contributed by atoms with Crippen molar-refractivity contribution in [3.8, 4) is 0 Å². The van der Waals surface area contributed by atoms with Crippen molar-refractivity contribution in [2.45, 2.75) is 19.4 Å². The molecule has 0 spiro atoms. The number of rotatable bonds is 4. The first-order valence-electron chi connectivity index (χ1n) is 4.62. The second-order valence-corrected chi connectivity index (χ2v) is 4.30. The number of primary amides is 1. The molecule has 0 atom stereocenters. The molecule has 1 amide bonds. The monoisotopic (exact) mass is 258 g/mol. The highest BCUT2D eigenvalue weighted by Crippen LogP contribution is 2.26. The van der Waals surface area contributed by atoms with Gasteiger partial charge in [0.2, 0.25) is 5.91 Å². The fraction of sp³-hybridized carbons (Fsp3) is 0.333. The summed E-state index contributed by atoms with van der Waals surface area (Å²) in [6, 6.07) is 1.15. The summed E-state index contributed by atoms with van der Waals surface area (Å²) in [6.07, 6.45) is 1.05. The summed E-state index contributed by atoms with van der Waals surface area (Å²) >= 11 is 5.80. The standard InChI is InChI=1S/C9H11ClN4O3/c1-9(2,8(11)15)13-7-6(10)3-5(4-12-7)14(16)17/h3-4H,1-2H3,(H2,11,15)(H,12,13). The molecule has 0 saturated heterocycles. The van der Waals surface area contributed by atoms with Crippen LogP contribution >= 0.6 is 11.6 Å². The van der Waals surface area contributed by atoms with Crippen molar-refractivity contribution < 1.29 is 9.72 Å². The molecule has 0 saturated carbocycles. The fourth-order valence-electron chi connectivity index (χ4n) is 0.977. The molecule has 0 aliphatic carbocycles. The Labute approximate surface area is 102 Å². The third-order valence-electron chi connectivity index (χ3n) is 2.08. The van der Waals surface area contributed by atoms with E-state index in [0.29, 0.717) is 0 Å². The Balaban J connectivity index is 3.02. The topological polar surface area (TPSA) is 111 Å². The molecule has 1 aromatic heterocycles. The van der Waals surface area contributed by atoms with Gasteiger partial charge in [0.05, 0.1) is 9.95 Å². The van der Waals surface area contributed by atoms with Gasteiger partial charge in [0.1, 0.15) is 17.6 Å². The molecular formula is C9H11ClN4O3. The van der Waals surface area contributed by atoms with Crippen LogP contribution in [0, 0.1) is 10.1 Å². The van der Waals surface area contributed by atoms with Gasteiger partial charge in [-0.1, -0.05) is 11.6 Å². The quantitative estimate of drug-likeness (QED) is 0.625. The average molecular weight is 259 g/mol. The lowest BCUT2D eigenvalue weighted by Crippen LogP contribution is -2.45. The largest absolute Gasteiger partial charge is 0.368 e. The average Bonchev–Trinajstić information content (AvgIpc) is 2.20. The Bertz CT molecular complexity index is 475. The van der Waals surface area contributed by atoms with E-state index in [0.717, 1.165) is 12.3 Å². The second kappa shape index (κ2) is 4.54. The van der Waals surface area contributed by atoms with Crippen molar-refractivity contribution in [1.29, 1.82) is 0 Å². The minimum atomic E-state index is -1.05. The lowest BCUT2D eigenvalue weighted by molar-refractivity contribution is -0.385. The highest BCUT2D eigenvalue weighted by atomic mass is 35.5. The van der Waals surface area contributed by atoms with Crippen LogP contribution in [0.15, 0.2) is 12.3 Å². The molecule has 0 bridgehead atoms. The van der Waals surface area contributed by atoms with Gasteiger partial charge in [-0.15, -0.1) is 0 Å². The molecule has 0 aromatic carbocycles. The predicted molar refractivity (Wildman–Crippen MR) is 62.8 cm³/mol. The number of pyridine rings is 1. The number of carbonyl (C=O) groups is 1. The van der Waals surface area contributed by atoms with E-state index in [9.17, 15) is 14.9 Å². The Kier molecular flexibility index (Phi) is 3.52. The van der Waals surface area contributed by atoms with Crippen molar-refractivity contribution in [2.24, 2.45) is 5.73 Å². The molecular weight excluding hydrogens is 248 g/mol. The summed E-state index contributed by atoms with van der Waals surface area (Å²) in [5, 5.41) is 13.2. The molecule has 0 unspecified atom stereocenters. The molecule has 1 heterocycles. The van der Waals surface area contributed by atoms with Gasteiger partial charge in [0.15, 0.2) is 0 Å². The molecule has 17 heavy (non-hydrogen) atoms. The van der Waals surface area contributed by atoms with E-state index in [1.807, 2.05) is 0 Å². The molecule has 0 radical (unpaired) electrons. The summed E-state index contributed by atoms with van der Waals surface area (Å²) in [6.45, 7) is 3.10. The van der Waals surface area contributed by atoms with Crippen LogP contribution in [-0.4, -0.2) is 21.4 Å². The normalized spacial score (nSPS) is 11.0.